The number of furan rings is 1. The second-order valence-electron chi connectivity index (χ2n) is 12.7. The predicted molar refractivity (Wildman–Crippen MR) is 173 cm³/mol. The molecule has 0 unspecified atom stereocenters. The van der Waals surface area contributed by atoms with Gasteiger partial charge in [0.15, 0.2) is 0 Å². The zero-order chi connectivity index (χ0) is 29.8. The summed E-state index contributed by atoms with van der Waals surface area (Å²) >= 11 is 0. The second kappa shape index (κ2) is 12.7. The number of carbonyl (C=O) groups excluding carboxylic acids is 2. The highest BCUT2D eigenvalue weighted by Crippen LogP contribution is 2.34. The summed E-state index contributed by atoms with van der Waals surface area (Å²) < 4.78 is 17.3. The van der Waals surface area contributed by atoms with E-state index in [0.717, 1.165) is 38.6 Å². The van der Waals surface area contributed by atoms with Crippen LogP contribution in [-0.4, -0.2) is 41.4 Å². The highest BCUT2D eigenvalue weighted by atomic mass is 28.3. The van der Waals surface area contributed by atoms with Crippen molar-refractivity contribution in [3.63, 3.8) is 0 Å². The summed E-state index contributed by atoms with van der Waals surface area (Å²) in [5.74, 6) is -0.192. The van der Waals surface area contributed by atoms with E-state index in [9.17, 15) is 9.59 Å². The van der Waals surface area contributed by atoms with Gasteiger partial charge in [-0.2, -0.15) is 0 Å². The lowest BCUT2D eigenvalue weighted by atomic mass is 10.0. The van der Waals surface area contributed by atoms with Gasteiger partial charge in [-0.15, -0.1) is 0 Å². The van der Waals surface area contributed by atoms with E-state index in [1.54, 1.807) is 0 Å². The van der Waals surface area contributed by atoms with Gasteiger partial charge in [-0.05, 0) is 36.5 Å². The van der Waals surface area contributed by atoms with Crippen molar-refractivity contribution in [3.8, 4) is 0 Å². The number of esters is 1. The van der Waals surface area contributed by atoms with Crippen molar-refractivity contribution in [3.05, 3.63) is 71.3 Å². The first-order chi connectivity index (χ1) is 19.4. The molecule has 8 heteroatoms. The summed E-state index contributed by atoms with van der Waals surface area (Å²) in [4.78, 5) is 24.6. The Morgan fingerprint density at radius 3 is 1.88 bits per heavy atom. The van der Waals surface area contributed by atoms with Crippen molar-refractivity contribution in [2.75, 3.05) is 13.2 Å². The summed E-state index contributed by atoms with van der Waals surface area (Å²) in [5, 5.41) is 7.81. The normalized spacial score (nSPS) is 12.1. The molecule has 4 aromatic rings. The molecule has 0 saturated heterocycles. The molecule has 1 amide bonds. The van der Waals surface area contributed by atoms with Gasteiger partial charge >= 0.3 is 12.1 Å². The minimum Gasteiger partial charge on any atom is -0.466 e. The Hall–Kier alpha value is -3.37. The molecular weight excluding hydrogens is 547 g/mol. The lowest BCUT2D eigenvalue weighted by molar-refractivity contribution is -0.143. The van der Waals surface area contributed by atoms with Crippen LogP contribution in [0.3, 0.4) is 0 Å². The molecule has 1 heterocycles. The first-order valence-electron chi connectivity index (χ1n) is 14.5. The molecule has 0 fully saturated rings. The van der Waals surface area contributed by atoms with E-state index in [2.05, 4.69) is 68.9 Å². The van der Waals surface area contributed by atoms with Crippen LogP contribution in [0.5, 0.6) is 0 Å². The van der Waals surface area contributed by atoms with E-state index in [1.807, 2.05) is 37.3 Å². The van der Waals surface area contributed by atoms with Crippen LogP contribution in [0, 0.1) is 0 Å². The molecule has 3 aromatic carbocycles. The van der Waals surface area contributed by atoms with Crippen molar-refractivity contribution < 1.29 is 23.5 Å². The largest absolute Gasteiger partial charge is 0.466 e. The monoisotopic (exact) mass is 589 g/mol. The molecule has 0 spiro atoms. The summed E-state index contributed by atoms with van der Waals surface area (Å²) in [7, 11) is -3.32. The number of benzene rings is 3. The van der Waals surface area contributed by atoms with Crippen LogP contribution in [0.4, 0.5) is 4.79 Å². The molecule has 4 rings (SSSR count). The molecule has 1 N–H and O–H groups in total. The van der Waals surface area contributed by atoms with Gasteiger partial charge in [0.25, 0.3) is 0 Å². The Balaban J connectivity index is 1.68. The van der Waals surface area contributed by atoms with Crippen LogP contribution in [0.25, 0.3) is 21.9 Å². The predicted octanol–water partition coefficient (Wildman–Crippen LogP) is 6.64. The summed E-state index contributed by atoms with van der Waals surface area (Å²) in [6.07, 6.45) is 1.07. The zero-order valence-corrected chi connectivity index (χ0v) is 27.5. The van der Waals surface area contributed by atoms with E-state index in [4.69, 9.17) is 13.9 Å². The highest BCUT2D eigenvalue weighted by Gasteiger charge is 2.25. The van der Waals surface area contributed by atoms with Gasteiger partial charge in [-0.25, -0.2) is 4.79 Å². The third-order valence-electron chi connectivity index (χ3n) is 7.34. The first kappa shape index (κ1) is 30.6. The fourth-order valence-corrected chi connectivity index (χ4v) is 7.27. The number of amides is 1. The van der Waals surface area contributed by atoms with E-state index < -0.39 is 22.2 Å². The van der Waals surface area contributed by atoms with Gasteiger partial charge in [0.05, 0.1) is 22.8 Å². The number of hydrogen-bond donors (Lipinski definition) is 1. The molecule has 0 aliphatic carbocycles. The highest BCUT2D eigenvalue weighted by molar-refractivity contribution is 6.89. The Kier molecular flexibility index (Phi) is 9.44. The lowest BCUT2D eigenvalue weighted by Crippen LogP contribution is -2.38. The molecular formula is C33H43NO5Si2. The maximum atomic E-state index is 12.4. The Morgan fingerprint density at radius 2 is 1.34 bits per heavy atom. The van der Waals surface area contributed by atoms with Gasteiger partial charge in [-0.1, -0.05) is 104 Å². The van der Waals surface area contributed by atoms with Crippen molar-refractivity contribution in [1.29, 1.82) is 0 Å². The Bertz CT molecular complexity index is 1530. The van der Waals surface area contributed by atoms with Crippen LogP contribution in [-0.2, 0) is 33.7 Å². The van der Waals surface area contributed by atoms with Crippen LogP contribution in [0.2, 0.25) is 39.3 Å². The number of ether oxygens (including phenoxy) is 2. The zero-order valence-electron chi connectivity index (χ0n) is 25.5. The SMILES string of the molecule is CCOC(=O)CCc1cc([Si](C)(C)C)cc2c1oc1c(CCNC(=O)OCc3ccccc3)cc([Si](C)(C)C)cc12. The second-order valence-corrected chi connectivity index (χ2v) is 22.8. The van der Waals surface area contributed by atoms with E-state index in [0.29, 0.717) is 32.4 Å². The minimum atomic E-state index is -1.66. The van der Waals surface area contributed by atoms with Crippen LogP contribution < -0.4 is 15.7 Å². The maximum absolute atomic E-state index is 12.4. The van der Waals surface area contributed by atoms with Crippen LogP contribution in [0.1, 0.15) is 30.0 Å². The van der Waals surface area contributed by atoms with Crippen molar-refractivity contribution >= 4 is 60.5 Å². The van der Waals surface area contributed by atoms with Crippen molar-refractivity contribution in [2.24, 2.45) is 0 Å². The third kappa shape index (κ3) is 7.68. The van der Waals surface area contributed by atoms with Gasteiger partial charge in [0.1, 0.15) is 17.8 Å². The maximum Gasteiger partial charge on any atom is 0.407 e. The van der Waals surface area contributed by atoms with E-state index >= 15 is 0 Å². The average molecular weight is 590 g/mol. The summed E-state index contributed by atoms with van der Waals surface area (Å²) in [5.41, 5.74) is 4.77. The lowest BCUT2D eigenvalue weighted by Gasteiger charge is -2.19. The fourth-order valence-electron chi connectivity index (χ4n) is 4.90. The summed E-state index contributed by atoms with van der Waals surface area (Å²) in [6.45, 7) is 16.9. The molecule has 0 atom stereocenters. The smallest absolute Gasteiger partial charge is 0.407 e. The molecule has 0 bridgehead atoms. The molecule has 6 nitrogen and oxygen atoms in total. The Labute approximate surface area is 245 Å². The number of hydrogen-bond acceptors (Lipinski definition) is 5. The van der Waals surface area contributed by atoms with Gasteiger partial charge in [0.2, 0.25) is 0 Å². The number of nitrogens with one attached hydrogen (secondary N) is 1. The van der Waals surface area contributed by atoms with Crippen LogP contribution >= 0.6 is 0 Å². The van der Waals surface area contributed by atoms with Gasteiger partial charge < -0.3 is 19.2 Å². The quantitative estimate of drug-likeness (QED) is 0.157. The first-order valence-corrected chi connectivity index (χ1v) is 21.5. The Morgan fingerprint density at radius 1 is 0.780 bits per heavy atom. The molecule has 0 aliphatic heterocycles. The van der Waals surface area contributed by atoms with Crippen molar-refractivity contribution in [2.45, 2.75) is 72.1 Å². The van der Waals surface area contributed by atoms with E-state index in [1.165, 1.54) is 10.4 Å². The molecule has 0 aliphatic rings. The third-order valence-corrected chi connectivity index (χ3v) is 11.4. The molecule has 0 saturated carbocycles. The van der Waals surface area contributed by atoms with Gasteiger partial charge in [-0.3, -0.25) is 4.79 Å². The number of rotatable bonds is 11. The average Bonchev–Trinajstić information content (AvgIpc) is 3.29. The number of alkyl carbamates (subject to hydrolysis) is 1. The molecule has 218 valence electrons. The minimum absolute atomic E-state index is 0.192. The van der Waals surface area contributed by atoms with Crippen LogP contribution in [0.15, 0.2) is 59.0 Å². The molecule has 0 radical (unpaired) electrons. The van der Waals surface area contributed by atoms with E-state index in [-0.39, 0.29) is 12.6 Å². The van der Waals surface area contributed by atoms with Crippen molar-refractivity contribution in [1.82, 2.24) is 5.32 Å². The number of fused-ring (bicyclic) bond motifs is 3. The van der Waals surface area contributed by atoms with Gasteiger partial charge in [0, 0.05) is 23.7 Å². The number of aryl methyl sites for hydroxylation is 1. The topological polar surface area (TPSA) is 77.8 Å². The number of carbonyl (C=O) groups is 2. The fraction of sp³-hybridized carbons (Fsp3) is 0.394. The standard InChI is InChI=1S/C33H43NO5Si2/c1-8-37-30(35)15-14-24-18-26(40(2,3)4)20-28-29-21-27(41(5,6)7)19-25(32(29)39-31(24)28)16-17-34-33(36)38-22-23-12-10-9-11-13-23/h9-13,18-21H,8,14-17,22H2,1-7H3,(H,34,36). The summed E-state index contributed by atoms with van der Waals surface area (Å²) in [6, 6.07) is 18.8. The molecule has 1 aromatic heterocycles. The molecule has 41 heavy (non-hydrogen) atoms.